The summed E-state index contributed by atoms with van der Waals surface area (Å²) in [6.07, 6.45) is -1.50. The lowest BCUT2D eigenvalue weighted by Crippen LogP contribution is -2.33. The fraction of sp³-hybridized carbons (Fsp3) is 0.235. The summed E-state index contributed by atoms with van der Waals surface area (Å²) in [5, 5.41) is 2.75. The fourth-order valence-electron chi connectivity index (χ4n) is 2.81. The standard InChI is InChI=1S/C17H13F5N6/c1-8(17(20,21)22)26-16-25-5-11-10(4-24-15(11)27-16)9-2-3-13-23-6-12(14(18)19)28(13)7-9/h2-8,14H,1H3,(H2,24,25,26,27)/t8-/m1/s1. The first-order chi connectivity index (χ1) is 13.2. The van der Waals surface area contributed by atoms with E-state index in [1.54, 1.807) is 18.3 Å². The van der Waals surface area contributed by atoms with E-state index in [1.165, 1.54) is 16.8 Å². The minimum Gasteiger partial charge on any atom is -0.345 e. The fourth-order valence-corrected chi connectivity index (χ4v) is 2.81. The second-order valence-electron chi connectivity index (χ2n) is 6.20. The van der Waals surface area contributed by atoms with Gasteiger partial charge in [0, 0.05) is 35.1 Å². The first kappa shape index (κ1) is 18.1. The molecule has 1 atom stereocenters. The van der Waals surface area contributed by atoms with Gasteiger partial charge in [0.15, 0.2) is 0 Å². The van der Waals surface area contributed by atoms with Crippen molar-refractivity contribution in [2.24, 2.45) is 0 Å². The van der Waals surface area contributed by atoms with Crippen LogP contribution >= 0.6 is 0 Å². The van der Waals surface area contributed by atoms with Crippen molar-refractivity contribution in [2.45, 2.75) is 25.6 Å². The third-order valence-corrected chi connectivity index (χ3v) is 4.34. The molecule has 4 heterocycles. The predicted octanol–water partition coefficient (Wildman–Crippen LogP) is 4.57. The molecule has 4 rings (SSSR count). The maximum atomic E-state index is 13.1. The van der Waals surface area contributed by atoms with E-state index in [2.05, 4.69) is 25.3 Å². The number of aromatic nitrogens is 5. The SMILES string of the molecule is C[C@@H](Nc1ncc2c(-c3ccc4ncc(C(F)F)n4c3)c[nH]c2n1)C(F)(F)F. The van der Waals surface area contributed by atoms with Crippen molar-refractivity contribution in [3.8, 4) is 11.1 Å². The quantitative estimate of drug-likeness (QED) is 0.496. The number of pyridine rings is 1. The van der Waals surface area contributed by atoms with Crippen LogP contribution in [0.4, 0.5) is 27.9 Å². The van der Waals surface area contributed by atoms with Gasteiger partial charge in [-0.2, -0.15) is 18.2 Å². The molecule has 0 aliphatic carbocycles. The van der Waals surface area contributed by atoms with Gasteiger partial charge < -0.3 is 10.3 Å². The number of rotatable bonds is 4. The highest BCUT2D eigenvalue weighted by molar-refractivity contribution is 5.93. The number of fused-ring (bicyclic) bond motifs is 2. The zero-order valence-corrected chi connectivity index (χ0v) is 14.3. The molecular weight excluding hydrogens is 383 g/mol. The molecule has 6 nitrogen and oxygen atoms in total. The molecular formula is C17H13F5N6. The Morgan fingerprint density at radius 1 is 1.14 bits per heavy atom. The van der Waals surface area contributed by atoms with Gasteiger partial charge in [0.2, 0.25) is 5.95 Å². The molecule has 0 saturated heterocycles. The van der Waals surface area contributed by atoms with Gasteiger partial charge in [-0.25, -0.2) is 18.7 Å². The van der Waals surface area contributed by atoms with Crippen LogP contribution in [0.25, 0.3) is 27.8 Å². The Labute approximate surface area is 154 Å². The summed E-state index contributed by atoms with van der Waals surface area (Å²) in [4.78, 5) is 14.8. The summed E-state index contributed by atoms with van der Waals surface area (Å²) in [6.45, 7) is 0.967. The molecule has 0 radical (unpaired) electrons. The zero-order valence-electron chi connectivity index (χ0n) is 14.3. The van der Waals surface area contributed by atoms with E-state index in [9.17, 15) is 22.0 Å². The van der Waals surface area contributed by atoms with E-state index in [0.717, 1.165) is 13.1 Å². The van der Waals surface area contributed by atoms with Crippen molar-refractivity contribution in [3.63, 3.8) is 0 Å². The third-order valence-electron chi connectivity index (χ3n) is 4.34. The minimum atomic E-state index is -4.43. The molecule has 28 heavy (non-hydrogen) atoms. The summed E-state index contributed by atoms with van der Waals surface area (Å²) < 4.78 is 65.6. The molecule has 0 fully saturated rings. The third kappa shape index (κ3) is 3.12. The average molecular weight is 396 g/mol. The Bertz CT molecular complexity index is 1150. The second kappa shape index (κ2) is 6.43. The Morgan fingerprint density at radius 2 is 1.93 bits per heavy atom. The Balaban J connectivity index is 1.72. The molecule has 146 valence electrons. The van der Waals surface area contributed by atoms with Crippen LogP contribution in [0.15, 0.2) is 36.9 Å². The summed E-state index contributed by atoms with van der Waals surface area (Å²) in [6, 6.07) is 1.50. The van der Waals surface area contributed by atoms with Crippen LogP contribution in [0.1, 0.15) is 19.0 Å². The van der Waals surface area contributed by atoms with Crippen molar-refractivity contribution in [3.05, 3.63) is 42.6 Å². The Hall–Kier alpha value is -3.24. The molecule has 0 amide bonds. The van der Waals surface area contributed by atoms with E-state index < -0.39 is 18.6 Å². The molecule has 11 heteroatoms. The number of nitrogens with one attached hydrogen (secondary N) is 2. The van der Waals surface area contributed by atoms with Crippen LogP contribution in [0.2, 0.25) is 0 Å². The molecule has 4 aromatic heterocycles. The van der Waals surface area contributed by atoms with Crippen molar-refractivity contribution in [1.29, 1.82) is 0 Å². The maximum Gasteiger partial charge on any atom is 0.408 e. The number of hydrogen-bond acceptors (Lipinski definition) is 4. The van der Waals surface area contributed by atoms with Gasteiger partial charge in [0.25, 0.3) is 6.43 Å². The van der Waals surface area contributed by atoms with Gasteiger partial charge in [-0.3, -0.25) is 4.40 Å². The van der Waals surface area contributed by atoms with Crippen molar-refractivity contribution >= 4 is 22.6 Å². The lowest BCUT2D eigenvalue weighted by atomic mass is 10.1. The number of imidazole rings is 1. The minimum absolute atomic E-state index is 0.171. The van der Waals surface area contributed by atoms with Gasteiger partial charge in [0.05, 0.1) is 6.20 Å². The number of H-pyrrole nitrogens is 1. The number of aromatic amines is 1. The lowest BCUT2D eigenvalue weighted by molar-refractivity contribution is -0.138. The predicted molar refractivity (Wildman–Crippen MR) is 92.2 cm³/mol. The van der Waals surface area contributed by atoms with Gasteiger partial charge in [-0.15, -0.1) is 0 Å². The van der Waals surface area contributed by atoms with E-state index in [1.807, 2.05) is 0 Å². The number of anilines is 1. The number of alkyl halides is 5. The molecule has 0 bridgehead atoms. The molecule has 0 saturated carbocycles. The topological polar surface area (TPSA) is 70.9 Å². The number of halogens is 5. The Morgan fingerprint density at radius 3 is 2.64 bits per heavy atom. The van der Waals surface area contributed by atoms with E-state index in [4.69, 9.17) is 0 Å². The van der Waals surface area contributed by atoms with Crippen LogP contribution < -0.4 is 5.32 Å². The highest BCUT2D eigenvalue weighted by atomic mass is 19.4. The van der Waals surface area contributed by atoms with E-state index in [0.29, 0.717) is 27.8 Å². The van der Waals surface area contributed by atoms with Crippen molar-refractivity contribution < 1.29 is 22.0 Å². The zero-order chi connectivity index (χ0) is 20.1. The number of nitrogens with zero attached hydrogens (tertiary/aromatic N) is 4. The van der Waals surface area contributed by atoms with Crippen LogP contribution in [-0.4, -0.2) is 36.6 Å². The number of hydrogen-bond donors (Lipinski definition) is 2. The smallest absolute Gasteiger partial charge is 0.345 e. The molecule has 4 aromatic rings. The first-order valence-electron chi connectivity index (χ1n) is 8.17. The molecule has 0 aromatic carbocycles. The molecule has 0 aliphatic rings. The van der Waals surface area contributed by atoms with Gasteiger partial charge in [-0.05, 0) is 19.1 Å². The summed E-state index contributed by atoms with van der Waals surface area (Å²) >= 11 is 0. The molecule has 0 spiro atoms. The highest BCUT2D eigenvalue weighted by Gasteiger charge is 2.36. The van der Waals surface area contributed by atoms with Gasteiger partial charge in [0.1, 0.15) is 23.0 Å². The van der Waals surface area contributed by atoms with Crippen LogP contribution in [0, 0.1) is 0 Å². The highest BCUT2D eigenvalue weighted by Crippen LogP contribution is 2.30. The van der Waals surface area contributed by atoms with E-state index >= 15 is 0 Å². The summed E-state index contributed by atoms with van der Waals surface area (Å²) in [5.41, 5.74) is 1.69. The molecule has 0 aliphatic heterocycles. The monoisotopic (exact) mass is 396 g/mol. The average Bonchev–Trinajstić information content (AvgIpc) is 3.23. The van der Waals surface area contributed by atoms with Crippen molar-refractivity contribution in [1.82, 2.24) is 24.3 Å². The van der Waals surface area contributed by atoms with Crippen LogP contribution in [0.5, 0.6) is 0 Å². The lowest BCUT2D eigenvalue weighted by Gasteiger charge is -2.16. The van der Waals surface area contributed by atoms with E-state index in [-0.39, 0.29) is 11.6 Å². The van der Waals surface area contributed by atoms with Crippen molar-refractivity contribution in [2.75, 3.05) is 5.32 Å². The maximum absolute atomic E-state index is 13.1. The normalized spacial score (nSPS) is 13.5. The molecule has 0 unspecified atom stereocenters. The second-order valence-corrected chi connectivity index (χ2v) is 6.20. The van der Waals surface area contributed by atoms with Gasteiger partial charge in [-0.1, -0.05) is 0 Å². The summed E-state index contributed by atoms with van der Waals surface area (Å²) in [5.74, 6) is -0.171. The largest absolute Gasteiger partial charge is 0.408 e. The summed E-state index contributed by atoms with van der Waals surface area (Å²) in [7, 11) is 0. The first-order valence-corrected chi connectivity index (χ1v) is 8.17. The van der Waals surface area contributed by atoms with Crippen LogP contribution in [-0.2, 0) is 0 Å². The van der Waals surface area contributed by atoms with Crippen LogP contribution in [0.3, 0.4) is 0 Å². The molecule has 2 N–H and O–H groups in total. The van der Waals surface area contributed by atoms with Gasteiger partial charge >= 0.3 is 6.18 Å². The Kier molecular flexibility index (Phi) is 4.16.